The highest BCUT2D eigenvalue weighted by Gasteiger charge is 2.36. The van der Waals surface area contributed by atoms with Crippen LogP contribution in [-0.4, -0.2) is 31.4 Å². The second kappa shape index (κ2) is 8.50. The normalized spacial score (nSPS) is 18.7. The minimum Gasteiger partial charge on any atom is -0.493 e. The Morgan fingerprint density at radius 2 is 1.55 bits per heavy atom. The molecule has 1 heterocycles. The molecule has 0 saturated heterocycles. The fraction of sp³-hybridized carbons (Fsp3) is 0.240. The van der Waals surface area contributed by atoms with Crippen LogP contribution in [0.15, 0.2) is 72.8 Å². The Balaban J connectivity index is 1.87. The van der Waals surface area contributed by atoms with E-state index in [-0.39, 0.29) is 12.1 Å². The van der Waals surface area contributed by atoms with Gasteiger partial charge in [0, 0.05) is 6.54 Å². The van der Waals surface area contributed by atoms with Crippen LogP contribution in [0.25, 0.3) is 0 Å². The molecular weight excluding hydrogens is 362 g/mol. The number of hydrogen-bond acceptors (Lipinski definition) is 4. The lowest BCUT2D eigenvalue weighted by atomic mass is 9.84. The third kappa shape index (κ3) is 3.76. The van der Waals surface area contributed by atoms with E-state index in [4.69, 9.17) is 9.47 Å². The molecule has 1 aliphatic rings. The summed E-state index contributed by atoms with van der Waals surface area (Å²) in [6.07, 6.45) is 1.72. The Morgan fingerprint density at radius 1 is 0.931 bits per heavy atom. The van der Waals surface area contributed by atoms with Crippen LogP contribution in [0.1, 0.15) is 28.3 Å². The van der Waals surface area contributed by atoms with Gasteiger partial charge >= 0.3 is 0 Å². The number of carbonyl (C=O) groups is 1. The van der Waals surface area contributed by atoms with Crippen LogP contribution >= 0.6 is 0 Å². The van der Waals surface area contributed by atoms with E-state index in [0.717, 1.165) is 23.0 Å². The summed E-state index contributed by atoms with van der Waals surface area (Å²) in [4.78, 5) is 14.4. The number of rotatable bonds is 6. The molecule has 0 bridgehead atoms. The molecule has 3 aromatic carbocycles. The van der Waals surface area contributed by atoms with Crippen molar-refractivity contribution >= 4 is 6.29 Å². The third-order valence-corrected chi connectivity index (χ3v) is 5.61. The fourth-order valence-electron chi connectivity index (χ4n) is 4.22. The average molecular weight is 387 g/mol. The summed E-state index contributed by atoms with van der Waals surface area (Å²) in [5.41, 5.74) is 4.62. The molecule has 0 radical (unpaired) electrons. The van der Waals surface area contributed by atoms with Crippen molar-refractivity contribution in [3.63, 3.8) is 0 Å². The predicted molar refractivity (Wildman–Crippen MR) is 113 cm³/mol. The van der Waals surface area contributed by atoms with E-state index in [2.05, 4.69) is 35.2 Å². The predicted octanol–water partition coefficient (Wildman–Crippen LogP) is 4.42. The number of ether oxygens (including phenoxy) is 2. The van der Waals surface area contributed by atoms with E-state index < -0.39 is 0 Å². The van der Waals surface area contributed by atoms with Crippen molar-refractivity contribution in [2.45, 2.75) is 25.0 Å². The zero-order chi connectivity index (χ0) is 20.2. The molecule has 0 unspecified atom stereocenters. The van der Waals surface area contributed by atoms with Gasteiger partial charge in [-0.15, -0.1) is 0 Å². The van der Waals surface area contributed by atoms with Gasteiger partial charge in [0.1, 0.15) is 6.29 Å². The highest BCUT2D eigenvalue weighted by atomic mass is 16.5. The SMILES string of the molecule is COc1cc2c(cc1OC)[C@@H](c1ccccc1)N(Cc1ccccc1)[C@H](C=O)C2. The molecule has 0 spiro atoms. The van der Waals surface area contributed by atoms with Gasteiger partial charge in [-0.3, -0.25) is 4.90 Å². The summed E-state index contributed by atoms with van der Waals surface area (Å²) in [6.45, 7) is 0.692. The number of fused-ring (bicyclic) bond motifs is 1. The number of benzene rings is 3. The van der Waals surface area contributed by atoms with Crippen LogP contribution in [0.3, 0.4) is 0 Å². The summed E-state index contributed by atoms with van der Waals surface area (Å²) in [6, 6.07) is 24.4. The average Bonchev–Trinajstić information content (AvgIpc) is 2.79. The van der Waals surface area contributed by atoms with E-state index >= 15 is 0 Å². The molecule has 29 heavy (non-hydrogen) atoms. The highest BCUT2D eigenvalue weighted by Crippen LogP contribution is 2.43. The van der Waals surface area contributed by atoms with Crippen molar-refractivity contribution < 1.29 is 14.3 Å². The maximum atomic E-state index is 12.1. The molecule has 0 aliphatic carbocycles. The van der Waals surface area contributed by atoms with Gasteiger partial charge in [0.2, 0.25) is 0 Å². The first-order valence-electron chi connectivity index (χ1n) is 9.80. The fourth-order valence-corrected chi connectivity index (χ4v) is 4.22. The van der Waals surface area contributed by atoms with Gasteiger partial charge in [0.05, 0.1) is 26.3 Å². The quantitative estimate of drug-likeness (QED) is 0.587. The molecule has 4 heteroatoms. The van der Waals surface area contributed by atoms with Crippen LogP contribution in [-0.2, 0) is 17.8 Å². The Morgan fingerprint density at radius 3 is 2.17 bits per heavy atom. The second-order valence-electron chi connectivity index (χ2n) is 7.28. The first-order chi connectivity index (χ1) is 14.2. The number of hydrogen-bond donors (Lipinski definition) is 0. The van der Waals surface area contributed by atoms with Crippen molar-refractivity contribution in [3.8, 4) is 11.5 Å². The minimum absolute atomic E-state index is 0.0461. The van der Waals surface area contributed by atoms with Gasteiger partial charge in [-0.05, 0) is 40.8 Å². The van der Waals surface area contributed by atoms with E-state index in [9.17, 15) is 4.79 Å². The number of aldehydes is 1. The Bertz CT molecular complexity index is 972. The van der Waals surface area contributed by atoms with Gasteiger partial charge in [-0.1, -0.05) is 60.7 Å². The summed E-state index contributed by atoms with van der Waals surface area (Å²) in [5, 5.41) is 0. The molecule has 148 valence electrons. The standard InChI is InChI=1S/C25H25NO3/c1-28-23-14-20-13-21(17-27)26(16-18-9-5-3-6-10-18)25(19-11-7-4-8-12-19)22(20)15-24(23)29-2/h3-12,14-15,17,21,25H,13,16H2,1-2H3/t21-,25+/m0/s1. The Kier molecular flexibility index (Phi) is 5.63. The molecule has 4 rings (SSSR count). The molecule has 2 atom stereocenters. The van der Waals surface area contributed by atoms with Gasteiger partial charge in [0.15, 0.2) is 11.5 Å². The largest absolute Gasteiger partial charge is 0.493 e. The van der Waals surface area contributed by atoms with E-state index in [1.54, 1.807) is 14.2 Å². The number of methoxy groups -OCH3 is 2. The maximum absolute atomic E-state index is 12.1. The van der Waals surface area contributed by atoms with Crippen molar-refractivity contribution in [2.24, 2.45) is 0 Å². The first kappa shape index (κ1) is 19.2. The topological polar surface area (TPSA) is 38.8 Å². The van der Waals surface area contributed by atoms with Crippen molar-refractivity contribution in [1.82, 2.24) is 4.90 Å². The molecule has 0 N–H and O–H groups in total. The zero-order valence-electron chi connectivity index (χ0n) is 16.7. The van der Waals surface area contributed by atoms with Crippen molar-refractivity contribution in [1.29, 1.82) is 0 Å². The summed E-state index contributed by atoms with van der Waals surface area (Å²) < 4.78 is 11.1. The molecule has 3 aromatic rings. The third-order valence-electron chi connectivity index (χ3n) is 5.61. The molecule has 1 aliphatic heterocycles. The molecular formula is C25H25NO3. The monoisotopic (exact) mass is 387 g/mol. The maximum Gasteiger partial charge on any atom is 0.161 e. The van der Waals surface area contributed by atoms with Gasteiger partial charge in [0.25, 0.3) is 0 Å². The van der Waals surface area contributed by atoms with Gasteiger partial charge < -0.3 is 14.3 Å². The lowest BCUT2D eigenvalue weighted by molar-refractivity contribution is -0.113. The van der Waals surface area contributed by atoms with Crippen LogP contribution in [0, 0.1) is 0 Å². The smallest absolute Gasteiger partial charge is 0.161 e. The van der Waals surface area contributed by atoms with Crippen LogP contribution in [0.4, 0.5) is 0 Å². The molecule has 0 saturated carbocycles. The molecule has 0 fully saturated rings. The number of carbonyl (C=O) groups excluding carboxylic acids is 1. The minimum atomic E-state index is -0.217. The van der Waals surface area contributed by atoms with Crippen LogP contribution in [0.5, 0.6) is 11.5 Å². The van der Waals surface area contributed by atoms with E-state index in [1.807, 2.05) is 42.5 Å². The first-order valence-corrected chi connectivity index (χ1v) is 9.80. The van der Waals surface area contributed by atoms with Crippen LogP contribution in [0.2, 0.25) is 0 Å². The zero-order valence-corrected chi connectivity index (χ0v) is 16.7. The Hall–Kier alpha value is -3.11. The molecule has 0 amide bonds. The van der Waals surface area contributed by atoms with Crippen LogP contribution < -0.4 is 9.47 Å². The van der Waals surface area contributed by atoms with E-state index in [0.29, 0.717) is 24.5 Å². The van der Waals surface area contributed by atoms with Gasteiger partial charge in [-0.25, -0.2) is 0 Å². The lowest BCUT2D eigenvalue weighted by Gasteiger charge is -2.42. The summed E-state index contributed by atoms with van der Waals surface area (Å²) in [5.74, 6) is 1.40. The Labute approximate surface area is 171 Å². The molecule has 4 nitrogen and oxygen atoms in total. The summed E-state index contributed by atoms with van der Waals surface area (Å²) in [7, 11) is 3.29. The number of nitrogens with zero attached hydrogens (tertiary/aromatic N) is 1. The lowest BCUT2D eigenvalue weighted by Crippen LogP contribution is -2.44. The highest BCUT2D eigenvalue weighted by molar-refractivity contribution is 5.62. The van der Waals surface area contributed by atoms with E-state index in [1.165, 1.54) is 5.56 Å². The van der Waals surface area contributed by atoms with Gasteiger partial charge in [-0.2, -0.15) is 0 Å². The van der Waals surface area contributed by atoms with Crippen molar-refractivity contribution in [3.05, 3.63) is 95.1 Å². The molecule has 0 aromatic heterocycles. The second-order valence-corrected chi connectivity index (χ2v) is 7.28. The summed E-state index contributed by atoms with van der Waals surface area (Å²) >= 11 is 0. The van der Waals surface area contributed by atoms with Crippen molar-refractivity contribution in [2.75, 3.05) is 14.2 Å².